The van der Waals surface area contributed by atoms with E-state index in [-0.39, 0.29) is 24.4 Å². The molecule has 1 amide bonds. The first-order chi connectivity index (χ1) is 13.7. The first-order valence-corrected chi connectivity index (χ1v) is 9.94. The molecule has 3 aromatic rings. The molecule has 1 fully saturated rings. The van der Waals surface area contributed by atoms with Gasteiger partial charge < -0.3 is 10.2 Å². The largest absolute Gasteiger partial charge is 0.333 e. The topological polar surface area (TPSA) is 50.2 Å². The number of amides is 1. The fraction of sp³-hybridized carbons (Fsp3) is 0.273. The average molecular weight is 431 g/mol. The third-order valence-electron chi connectivity index (χ3n) is 5.11. The van der Waals surface area contributed by atoms with E-state index in [4.69, 9.17) is 11.6 Å². The van der Waals surface area contributed by atoms with Crippen molar-refractivity contribution < 1.29 is 4.79 Å². The summed E-state index contributed by atoms with van der Waals surface area (Å²) in [6.07, 6.45) is 4.96. The molecule has 2 aromatic carbocycles. The molecule has 29 heavy (non-hydrogen) atoms. The summed E-state index contributed by atoms with van der Waals surface area (Å²) in [5.41, 5.74) is 3.07. The van der Waals surface area contributed by atoms with Crippen LogP contribution < -0.4 is 5.32 Å². The Kier molecular flexibility index (Phi) is 7.31. The Hall–Kier alpha value is -2.34. The van der Waals surface area contributed by atoms with Crippen molar-refractivity contribution in [3.63, 3.8) is 0 Å². The number of aromatic nitrogens is 2. The Balaban J connectivity index is 0.00000240. The molecular formula is C22H24Cl2N4O. The SMILES string of the molecule is Cl.O=C(CCc1cnn(-c2ccccc2)c1)N1CCNCC1c1ccccc1Cl. The Morgan fingerprint density at radius 3 is 2.69 bits per heavy atom. The van der Waals surface area contributed by atoms with E-state index in [0.717, 1.165) is 29.9 Å². The van der Waals surface area contributed by atoms with Crippen LogP contribution in [0.4, 0.5) is 0 Å². The summed E-state index contributed by atoms with van der Waals surface area (Å²) in [4.78, 5) is 14.9. The minimum Gasteiger partial charge on any atom is -0.333 e. The predicted molar refractivity (Wildman–Crippen MR) is 118 cm³/mol. The lowest BCUT2D eigenvalue weighted by Gasteiger charge is -2.37. The number of nitrogens with one attached hydrogen (secondary N) is 1. The van der Waals surface area contributed by atoms with Crippen molar-refractivity contribution in [3.05, 3.63) is 83.1 Å². The lowest BCUT2D eigenvalue weighted by Crippen LogP contribution is -2.48. The lowest BCUT2D eigenvalue weighted by molar-refractivity contribution is -0.134. The van der Waals surface area contributed by atoms with Gasteiger partial charge >= 0.3 is 0 Å². The smallest absolute Gasteiger partial charge is 0.223 e. The maximum atomic E-state index is 13.0. The maximum Gasteiger partial charge on any atom is 0.223 e. The summed E-state index contributed by atoms with van der Waals surface area (Å²) < 4.78 is 1.84. The number of hydrogen-bond donors (Lipinski definition) is 1. The molecule has 2 heterocycles. The average Bonchev–Trinajstić information content (AvgIpc) is 3.22. The summed E-state index contributed by atoms with van der Waals surface area (Å²) in [5, 5.41) is 8.50. The number of para-hydroxylation sites is 1. The van der Waals surface area contributed by atoms with Crippen molar-refractivity contribution in [2.45, 2.75) is 18.9 Å². The number of halogens is 2. The third-order valence-corrected chi connectivity index (χ3v) is 5.46. The molecule has 152 valence electrons. The van der Waals surface area contributed by atoms with Gasteiger partial charge in [-0.15, -0.1) is 12.4 Å². The standard InChI is InChI=1S/C22H23ClN4O.ClH/c23-20-9-5-4-8-19(20)21-15-24-12-13-26(21)22(28)11-10-17-14-25-27(16-17)18-6-2-1-3-7-18;/h1-9,14,16,21,24H,10-13,15H2;1H. The Morgan fingerprint density at radius 2 is 1.90 bits per heavy atom. The molecule has 1 saturated heterocycles. The molecule has 0 spiro atoms. The van der Waals surface area contributed by atoms with Crippen LogP contribution in [0.25, 0.3) is 5.69 Å². The van der Waals surface area contributed by atoms with Crippen molar-refractivity contribution in [3.8, 4) is 5.69 Å². The van der Waals surface area contributed by atoms with Gasteiger partial charge in [-0.1, -0.05) is 48.0 Å². The number of aryl methyl sites for hydroxylation is 1. The van der Waals surface area contributed by atoms with Gasteiger partial charge in [-0.25, -0.2) is 4.68 Å². The predicted octanol–water partition coefficient (Wildman–Crippen LogP) is 4.05. The second-order valence-corrected chi connectivity index (χ2v) is 7.36. The van der Waals surface area contributed by atoms with Crippen LogP contribution in [-0.2, 0) is 11.2 Å². The molecule has 1 aromatic heterocycles. The molecule has 0 aliphatic carbocycles. The zero-order valence-electron chi connectivity index (χ0n) is 16.0. The van der Waals surface area contributed by atoms with Crippen molar-refractivity contribution in [2.75, 3.05) is 19.6 Å². The molecule has 1 N–H and O–H groups in total. The molecule has 1 aliphatic rings. The summed E-state index contributed by atoms with van der Waals surface area (Å²) in [6.45, 7) is 2.22. The zero-order chi connectivity index (χ0) is 19.3. The fourth-order valence-corrected chi connectivity index (χ4v) is 3.89. The van der Waals surface area contributed by atoms with Crippen molar-refractivity contribution >= 4 is 29.9 Å². The van der Waals surface area contributed by atoms with Gasteiger partial charge in [-0.05, 0) is 35.7 Å². The highest BCUT2D eigenvalue weighted by atomic mass is 35.5. The highest BCUT2D eigenvalue weighted by molar-refractivity contribution is 6.31. The van der Waals surface area contributed by atoms with E-state index in [1.54, 1.807) is 0 Å². The molecule has 1 atom stereocenters. The number of benzene rings is 2. The second kappa shape index (κ2) is 9.92. The van der Waals surface area contributed by atoms with Gasteiger partial charge in [0.15, 0.2) is 0 Å². The Labute approximate surface area is 182 Å². The van der Waals surface area contributed by atoms with Crippen molar-refractivity contribution in [2.24, 2.45) is 0 Å². The Bertz CT molecular complexity index is 945. The molecular weight excluding hydrogens is 407 g/mol. The van der Waals surface area contributed by atoms with Crippen molar-refractivity contribution in [1.29, 1.82) is 0 Å². The molecule has 0 radical (unpaired) electrons. The summed E-state index contributed by atoms with van der Waals surface area (Å²) >= 11 is 6.38. The van der Waals surface area contributed by atoms with Gasteiger partial charge in [0.2, 0.25) is 5.91 Å². The first-order valence-electron chi connectivity index (χ1n) is 9.56. The van der Waals surface area contributed by atoms with Crippen LogP contribution in [0.2, 0.25) is 5.02 Å². The van der Waals surface area contributed by atoms with Gasteiger partial charge in [0.05, 0.1) is 17.9 Å². The normalized spacial score (nSPS) is 16.3. The third kappa shape index (κ3) is 4.99. The van der Waals surface area contributed by atoms with Gasteiger partial charge in [0, 0.05) is 37.3 Å². The van der Waals surface area contributed by atoms with E-state index in [1.165, 1.54) is 0 Å². The molecule has 5 nitrogen and oxygen atoms in total. The molecule has 4 rings (SSSR count). The van der Waals surface area contributed by atoms with Gasteiger partial charge in [-0.2, -0.15) is 5.10 Å². The van der Waals surface area contributed by atoms with Crippen LogP contribution in [-0.4, -0.2) is 40.2 Å². The van der Waals surface area contributed by atoms with E-state index < -0.39 is 0 Å². The number of carbonyl (C=O) groups is 1. The van der Waals surface area contributed by atoms with Gasteiger partial charge in [-0.3, -0.25) is 4.79 Å². The minimum atomic E-state index is -0.0259. The van der Waals surface area contributed by atoms with Crippen LogP contribution in [0.1, 0.15) is 23.6 Å². The number of carbonyl (C=O) groups excluding carboxylic acids is 1. The van der Waals surface area contributed by atoms with Crippen molar-refractivity contribution in [1.82, 2.24) is 20.0 Å². The Morgan fingerprint density at radius 1 is 1.14 bits per heavy atom. The molecule has 7 heteroatoms. The number of nitrogens with zero attached hydrogens (tertiary/aromatic N) is 3. The van der Waals surface area contributed by atoms with E-state index in [1.807, 2.05) is 76.6 Å². The van der Waals surface area contributed by atoms with Gasteiger partial charge in [0.25, 0.3) is 0 Å². The summed E-state index contributed by atoms with van der Waals surface area (Å²) in [6, 6.07) is 17.7. The van der Waals surface area contributed by atoms with E-state index in [9.17, 15) is 4.79 Å². The zero-order valence-corrected chi connectivity index (χ0v) is 17.6. The molecule has 1 aliphatic heterocycles. The summed E-state index contributed by atoms with van der Waals surface area (Å²) in [5.74, 6) is 0.152. The number of piperazine rings is 1. The van der Waals surface area contributed by atoms with Crippen LogP contribution in [0.5, 0.6) is 0 Å². The fourth-order valence-electron chi connectivity index (χ4n) is 3.63. The molecule has 0 saturated carbocycles. The molecule has 1 unspecified atom stereocenters. The lowest BCUT2D eigenvalue weighted by atomic mass is 10.0. The van der Waals surface area contributed by atoms with Crippen LogP contribution in [0.15, 0.2) is 67.0 Å². The van der Waals surface area contributed by atoms with E-state index in [0.29, 0.717) is 24.4 Å². The number of rotatable bonds is 5. The summed E-state index contributed by atoms with van der Waals surface area (Å²) in [7, 11) is 0. The van der Waals surface area contributed by atoms with E-state index >= 15 is 0 Å². The highest BCUT2D eigenvalue weighted by Crippen LogP contribution is 2.29. The second-order valence-electron chi connectivity index (χ2n) is 6.96. The van der Waals surface area contributed by atoms with Crippen LogP contribution in [0, 0.1) is 0 Å². The number of hydrogen-bond acceptors (Lipinski definition) is 3. The molecule has 0 bridgehead atoms. The van der Waals surface area contributed by atoms with Gasteiger partial charge in [0.1, 0.15) is 0 Å². The van der Waals surface area contributed by atoms with Crippen LogP contribution >= 0.6 is 24.0 Å². The minimum absolute atomic E-state index is 0. The first kappa shape index (κ1) is 21.4. The van der Waals surface area contributed by atoms with E-state index in [2.05, 4.69) is 10.4 Å². The monoisotopic (exact) mass is 430 g/mol. The maximum absolute atomic E-state index is 13.0. The highest BCUT2D eigenvalue weighted by Gasteiger charge is 2.28. The quantitative estimate of drug-likeness (QED) is 0.663. The van der Waals surface area contributed by atoms with Crippen LogP contribution in [0.3, 0.4) is 0 Å².